The molecule has 1 fully saturated rings. The Morgan fingerprint density at radius 1 is 1.56 bits per heavy atom. The Bertz CT molecular complexity index is 521. The summed E-state index contributed by atoms with van der Waals surface area (Å²) in [6, 6.07) is -0.282. The van der Waals surface area contributed by atoms with Gasteiger partial charge in [0.1, 0.15) is 0 Å². The van der Waals surface area contributed by atoms with E-state index in [0.717, 1.165) is 0 Å². The molecule has 0 saturated heterocycles. The van der Waals surface area contributed by atoms with E-state index in [9.17, 15) is 13.2 Å². The van der Waals surface area contributed by atoms with Gasteiger partial charge in [0.25, 0.3) is 0 Å². The van der Waals surface area contributed by atoms with Crippen LogP contribution >= 0.6 is 0 Å². The molecule has 0 amide bonds. The van der Waals surface area contributed by atoms with Crippen LogP contribution in [-0.4, -0.2) is 46.0 Å². The van der Waals surface area contributed by atoms with Gasteiger partial charge in [0.2, 0.25) is 0 Å². The fourth-order valence-electron chi connectivity index (χ4n) is 1.79. The zero-order valence-electron chi connectivity index (χ0n) is 8.57. The van der Waals surface area contributed by atoms with Crippen molar-refractivity contribution in [3.63, 3.8) is 0 Å². The van der Waals surface area contributed by atoms with Crippen molar-refractivity contribution in [3.05, 3.63) is 11.9 Å². The van der Waals surface area contributed by atoms with Gasteiger partial charge in [-0.05, 0) is 12.8 Å². The van der Waals surface area contributed by atoms with Crippen LogP contribution in [0.15, 0.2) is 6.20 Å². The van der Waals surface area contributed by atoms with Crippen molar-refractivity contribution in [2.45, 2.75) is 24.1 Å². The molecule has 1 aliphatic rings. The normalized spacial score (nSPS) is 25.1. The molecular formula is C8H11N3O4S. The predicted octanol–water partition coefficient (Wildman–Crippen LogP) is -0.276. The molecule has 7 nitrogen and oxygen atoms in total. The van der Waals surface area contributed by atoms with Gasteiger partial charge in [0.05, 0.1) is 17.5 Å². The average Bonchev–Trinajstić information content (AvgIpc) is 2.47. The number of nitrogens with zero attached hydrogens (tertiary/aromatic N) is 3. The third-order valence-electron chi connectivity index (χ3n) is 2.80. The molecule has 16 heavy (non-hydrogen) atoms. The summed E-state index contributed by atoms with van der Waals surface area (Å²) < 4.78 is 24.1. The van der Waals surface area contributed by atoms with E-state index < -0.39 is 21.1 Å². The van der Waals surface area contributed by atoms with Gasteiger partial charge in [-0.25, -0.2) is 17.9 Å². The van der Waals surface area contributed by atoms with E-state index in [0.29, 0.717) is 12.8 Å². The van der Waals surface area contributed by atoms with Gasteiger partial charge >= 0.3 is 5.97 Å². The van der Waals surface area contributed by atoms with E-state index in [1.165, 1.54) is 17.1 Å². The molecule has 8 heteroatoms. The molecule has 1 N–H and O–H groups in total. The molecule has 1 saturated carbocycles. The molecule has 0 aliphatic heterocycles. The molecule has 2 unspecified atom stereocenters. The second-order valence-electron chi connectivity index (χ2n) is 3.90. The van der Waals surface area contributed by atoms with Crippen LogP contribution in [0.5, 0.6) is 0 Å². The van der Waals surface area contributed by atoms with E-state index in [1.807, 2.05) is 0 Å². The van der Waals surface area contributed by atoms with Gasteiger partial charge in [-0.3, -0.25) is 0 Å². The number of aromatic carboxylic acids is 1. The first kappa shape index (κ1) is 11.1. The minimum Gasteiger partial charge on any atom is -0.476 e. The van der Waals surface area contributed by atoms with Crippen LogP contribution in [0.4, 0.5) is 0 Å². The number of sulfone groups is 1. The Hall–Kier alpha value is -1.44. The number of hydrogen-bond acceptors (Lipinski definition) is 5. The van der Waals surface area contributed by atoms with E-state index in [2.05, 4.69) is 10.3 Å². The fourth-order valence-corrected chi connectivity index (χ4v) is 3.19. The van der Waals surface area contributed by atoms with Crippen molar-refractivity contribution in [3.8, 4) is 0 Å². The number of carboxylic acids is 1. The van der Waals surface area contributed by atoms with Crippen LogP contribution in [0.3, 0.4) is 0 Å². The summed E-state index contributed by atoms with van der Waals surface area (Å²) in [7, 11) is -3.11. The summed E-state index contributed by atoms with van der Waals surface area (Å²) in [6.45, 7) is 0. The van der Waals surface area contributed by atoms with Crippen LogP contribution in [0, 0.1) is 0 Å². The van der Waals surface area contributed by atoms with Gasteiger partial charge < -0.3 is 5.11 Å². The van der Waals surface area contributed by atoms with E-state index in [1.54, 1.807) is 0 Å². The first-order valence-corrected chi connectivity index (χ1v) is 6.69. The molecule has 1 aromatic heterocycles. The molecule has 0 radical (unpaired) electrons. The molecule has 1 heterocycles. The van der Waals surface area contributed by atoms with Gasteiger partial charge in [-0.2, -0.15) is 0 Å². The third kappa shape index (κ3) is 1.80. The highest BCUT2D eigenvalue weighted by molar-refractivity contribution is 7.91. The number of carboxylic acid groups (broad SMARTS) is 1. The highest BCUT2D eigenvalue weighted by atomic mass is 32.2. The lowest BCUT2D eigenvalue weighted by atomic mass is 9.92. The van der Waals surface area contributed by atoms with Crippen molar-refractivity contribution >= 4 is 15.8 Å². The lowest BCUT2D eigenvalue weighted by Gasteiger charge is -2.34. The molecule has 0 aromatic carbocycles. The third-order valence-corrected chi connectivity index (χ3v) is 4.45. The average molecular weight is 245 g/mol. The van der Waals surface area contributed by atoms with Crippen molar-refractivity contribution in [2.24, 2.45) is 0 Å². The van der Waals surface area contributed by atoms with Crippen LogP contribution in [0.1, 0.15) is 29.4 Å². The Morgan fingerprint density at radius 3 is 2.62 bits per heavy atom. The Balaban J connectivity index is 2.22. The summed E-state index contributed by atoms with van der Waals surface area (Å²) >= 11 is 0. The van der Waals surface area contributed by atoms with E-state index in [-0.39, 0.29) is 11.7 Å². The number of carbonyl (C=O) groups is 1. The quantitative estimate of drug-likeness (QED) is 0.786. The molecule has 2 rings (SSSR count). The maximum absolute atomic E-state index is 11.4. The Morgan fingerprint density at radius 2 is 2.25 bits per heavy atom. The highest BCUT2D eigenvalue weighted by Crippen LogP contribution is 2.36. The van der Waals surface area contributed by atoms with E-state index >= 15 is 0 Å². The van der Waals surface area contributed by atoms with Crippen molar-refractivity contribution in [2.75, 3.05) is 6.26 Å². The summed E-state index contributed by atoms with van der Waals surface area (Å²) in [5.41, 5.74) is -0.167. The molecule has 1 aromatic rings. The Labute approximate surface area is 92.0 Å². The van der Waals surface area contributed by atoms with Crippen LogP contribution < -0.4 is 0 Å². The minimum absolute atomic E-state index is 0.167. The molecule has 2 atom stereocenters. The predicted molar refractivity (Wildman–Crippen MR) is 53.9 cm³/mol. The van der Waals surface area contributed by atoms with E-state index in [4.69, 9.17) is 5.11 Å². The van der Waals surface area contributed by atoms with Gasteiger partial charge in [-0.1, -0.05) is 5.21 Å². The topological polar surface area (TPSA) is 102 Å². The Kier molecular flexibility index (Phi) is 2.45. The molecule has 88 valence electrons. The van der Waals surface area contributed by atoms with Gasteiger partial charge in [0.15, 0.2) is 15.5 Å². The van der Waals surface area contributed by atoms with Crippen LogP contribution in [-0.2, 0) is 9.84 Å². The summed E-state index contributed by atoms with van der Waals surface area (Å²) in [5, 5.41) is 15.3. The SMILES string of the molecule is CS(=O)(=O)C1CCC1n1cc(C(=O)O)nn1. The van der Waals surface area contributed by atoms with Crippen molar-refractivity contribution in [1.82, 2.24) is 15.0 Å². The number of aromatic nitrogens is 3. The van der Waals surface area contributed by atoms with Crippen LogP contribution in [0.25, 0.3) is 0 Å². The standard InChI is InChI=1S/C8H11N3O4S/c1-16(14,15)7-3-2-6(7)11-4-5(8(12)13)9-10-11/h4,6-7H,2-3H2,1H3,(H,12,13). The monoisotopic (exact) mass is 245 g/mol. The summed E-state index contributed by atoms with van der Waals surface area (Å²) in [4.78, 5) is 10.6. The summed E-state index contributed by atoms with van der Waals surface area (Å²) in [6.07, 6.45) is 3.72. The fraction of sp³-hybridized carbons (Fsp3) is 0.625. The first-order chi connectivity index (χ1) is 7.39. The smallest absolute Gasteiger partial charge is 0.358 e. The molecule has 1 aliphatic carbocycles. The molecular weight excluding hydrogens is 234 g/mol. The second kappa shape index (κ2) is 3.55. The molecule has 0 bridgehead atoms. The van der Waals surface area contributed by atoms with Gasteiger partial charge in [0, 0.05) is 6.26 Å². The lowest BCUT2D eigenvalue weighted by Crippen LogP contribution is -2.40. The second-order valence-corrected chi connectivity index (χ2v) is 6.17. The largest absolute Gasteiger partial charge is 0.476 e. The van der Waals surface area contributed by atoms with Crippen molar-refractivity contribution < 1.29 is 18.3 Å². The number of rotatable bonds is 3. The minimum atomic E-state index is -3.11. The van der Waals surface area contributed by atoms with Gasteiger partial charge in [-0.15, -0.1) is 5.10 Å². The molecule has 0 spiro atoms. The van der Waals surface area contributed by atoms with Crippen LogP contribution in [0.2, 0.25) is 0 Å². The number of hydrogen-bond donors (Lipinski definition) is 1. The lowest BCUT2D eigenvalue weighted by molar-refractivity contribution is 0.0690. The zero-order valence-corrected chi connectivity index (χ0v) is 9.38. The maximum atomic E-state index is 11.4. The summed E-state index contributed by atoms with van der Waals surface area (Å²) in [5.74, 6) is -1.17. The maximum Gasteiger partial charge on any atom is 0.358 e. The zero-order chi connectivity index (χ0) is 11.9. The highest BCUT2D eigenvalue weighted by Gasteiger charge is 2.40. The first-order valence-electron chi connectivity index (χ1n) is 4.73. The van der Waals surface area contributed by atoms with Crippen molar-refractivity contribution in [1.29, 1.82) is 0 Å².